The number of carbonyl (C=O) groups is 2. The minimum absolute atomic E-state index is 0.0662. The van der Waals surface area contributed by atoms with Crippen LogP contribution in [0.25, 0.3) is 0 Å². The fourth-order valence-electron chi connectivity index (χ4n) is 4.20. The Labute approximate surface area is 123 Å². The van der Waals surface area contributed by atoms with Crippen LogP contribution in [0.3, 0.4) is 0 Å². The van der Waals surface area contributed by atoms with Gasteiger partial charge in [-0.1, -0.05) is 0 Å². The van der Waals surface area contributed by atoms with Crippen molar-refractivity contribution < 1.29 is 19.4 Å². The number of nitrogens with one attached hydrogen (secondary N) is 1. The minimum atomic E-state index is -0.384. The smallest absolute Gasteiger partial charge is 0.407 e. The number of hydrogen-bond donors (Lipinski definition) is 2. The first-order chi connectivity index (χ1) is 9.99. The number of aliphatic hydroxyl groups excluding tert-OH is 1. The third kappa shape index (κ3) is 2.06. The molecule has 3 heterocycles. The van der Waals surface area contributed by atoms with Gasteiger partial charge < -0.3 is 25.0 Å². The number of ether oxygens (including phenoxy) is 1. The van der Waals surface area contributed by atoms with Crippen molar-refractivity contribution in [1.29, 1.82) is 0 Å². The molecule has 3 aliphatic heterocycles. The summed E-state index contributed by atoms with van der Waals surface area (Å²) in [4.78, 5) is 27.2. The normalized spacial score (nSPS) is 29.9. The molecule has 3 saturated heterocycles. The van der Waals surface area contributed by atoms with Crippen molar-refractivity contribution in [2.75, 3.05) is 32.8 Å². The first-order valence-electron chi connectivity index (χ1n) is 7.66. The Hall–Kier alpha value is -1.50. The summed E-state index contributed by atoms with van der Waals surface area (Å²) in [5.41, 5.74) is -0.0541. The van der Waals surface area contributed by atoms with Gasteiger partial charge in [0.25, 0.3) is 0 Å². The Morgan fingerprint density at radius 1 is 1.24 bits per heavy atom. The predicted octanol–water partition coefficient (Wildman–Crippen LogP) is 0.137. The lowest BCUT2D eigenvalue weighted by atomic mass is 9.61. The van der Waals surface area contributed by atoms with Gasteiger partial charge in [-0.25, -0.2) is 9.59 Å². The van der Waals surface area contributed by atoms with Crippen molar-refractivity contribution in [2.24, 2.45) is 5.41 Å². The summed E-state index contributed by atoms with van der Waals surface area (Å²) in [6.07, 6.45) is 3.26. The molecule has 3 amide bonds. The maximum absolute atomic E-state index is 12.4. The number of rotatable bonds is 0. The van der Waals surface area contributed by atoms with Crippen LogP contribution >= 0.6 is 0 Å². The SMILES string of the molecule is O=C1NC2(CO1)CN(C(=O)N1CCC3(CC1)CC(O)C3)C2. The molecule has 0 bridgehead atoms. The van der Waals surface area contributed by atoms with Gasteiger partial charge >= 0.3 is 12.1 Å². The molecule has 0 aromatic rings. The van der Waals surface area contributed by atoms with Gasteiger partial charge in [0.1, 0.15) is 12.1 Å². The Kier molecular flexibility index (Phi) is 2.67. The third-order valence-corrected chi connectivity index (χ3v) is 5.54. The van der Waals surface area contributed by atoms with Crippen LogP contribution in [0.2, 0.25) is 0 Å². The highest BCUT2D eigenvalue weighted by Crippen LogP contribution is 2.49. The first kappa shape index (κ1) is 13.2. The molecule has 1 aliphatic carbocycles. The molecule has 0 unspecified atom stereocenters. The average molecular weight is 295 g/mol. The molecule has 2 spiro atoms. The van der Waals surface area contributed by atoms with E-state index < -0.39 is 0 Å². The highest BCUT2D eigenvalue weighted by Gasteiger charge is 2.53. The second-order valence-electron chi connectivity index (χ2n) is 7.17. The van der Waals surface area contributed by atoms with Crippen LogP contribution < -0.4 is 5.32 Å². The number of likely N-dealkylation sites (tertiary alicyclic amines) is 2. The lowest BCUT2D eigenvalue weighted by molar-refractivity contribution is -0.0656. The van der Waals surface area contributed by atoms with Crippen molar-refractivity contribution in [3.05, 3.63) is 0 Å². The molecule has 7 heteroatoms. The molecule has 4 fully saturated rings. The first-order valence-corrected chi connectivity index (χ1v) is 7.66. The van der Waals surface area contributed by atoms with E-state index in [1.165, 1.54) is 0 Å². The largest absolute Gasteiger partial charge is 0.447 e. The Morgan fingerprint density at radius 2 is 1.90 bits per heavy atom. The highest BCUT2D eigenvalue weighted by atomic mass is 16.6. The molecule has 0 radical (unpaired) electrons. The van der Waals surface area contributed by atoms with E-state index in [4.69, 9.17) is 4.74 Å². The summed E-state index contributed by atoms with van der Waals surface area (Å²) in [6, 6.07) is 0.0662. The second kappa shape index (κ2) is 4.25. The van der Waals surface area contributed by atoms with Crippen LogP contribution in [0, 0.1) is 5.41 Å². The molecule has 0 aromatic carbocycles. The summed E-state index contributed by atoms with van der Waals surface area (Å²) in [5.74, 6) is 0. The van der Waals surface area contributed by atoms with E-state index >= 15 is 0 Å². The Balaban J connectivity index is 1.29. The van der Waals surface area contributed by atoms with Gasteiger partial charge in [-0.2, -0.15) is 0 Å². The molecule has 0 aromatic heterocycles. The Morgan fingerprint density at radius 3 is 2.43 bits per heavy atom. The van der Waals surface area contributed by atoms with Gasteiger partial charge in [0.05, 0.1) is 19.2 Å². The van der Waals surface area contributed by atoms with Crippen LogP contribution in [0.5, 0.6) is 0 Å². The second-order valence-corrected chi connectivity index (χ2v) is 7.17. The zero-order valence-electron chi connectivity index (χ0n) is 12.0. The summed E-state index contributed by atoms with van der Waals surface area (Å²) >= 11 is 0. The average Bonchev–Trinajstić information content (AvgIpc) is 2.78. The number of aliphatic hydroxyl groups is 1. The summed E-state index contributed by atoms with van der Waals surface area (Å²) in [7, 11) is 0. The maximum Gasteiger partial charge on any atom is 0.407 e. The standard InChI is InChI=1S/C14H21N3O4/c18-10-5-13(6-10)1-3-16(4-2-13)12(20)17-7-14(8-17)9-21-11(19)15-14/h10,18H,1-9H2,(H,15,19). The van der Waals surface area contributed by atoms with Gasteiger partial charge in [-0.15, -0.1) is 0 Å². The van der Waals surface area contributed by atoms with Crippen molar-refractivity contribution in [3.8, 4) is 0 Å². The number of piperidine rings is 1. The minimum Gasteiger partial charge on any atom is -0.447 e. The predicted molar refractivity (Wildman–Crippen MR) is 72.7 cm³/mol. The zero-order valence-corrected chi connectivity index (χ0v) is 12.0. The monoisotopic (exact) mass is 295 g/mol. The quantitative estimate of drug-likeness (QED) is 0.666. The van der Waals surface area contributed by atoms with E-state index in [0.717, 1.165) is 38.8 Å². The van der Waals surface area contributed by atoms with Crippen LogP contribution in [0.4, 0.5) is 9.59 Å². The molecular formula is C14H21N3O4. The lowest BCUT2D eigenvalue weighted by Crippen LogP contribution is -2.71. The van der Waals surface area contributed by atoms with E-state index in [1.807, 2.05) is 4.90 Å². The van der Waals surface area contributed by atoms with Crippen LogP contribution in [0.15, 0.2) is 0 Å². The molecule has 0 atom stereocenters. The summed E-state index contributed by atoms with van der Waals surface area (Å²) in [5, 5.41) is 12.3. The Bertz CT molecular complexity index is 473. The fraction of sp³-hybridized carbons (Fsp3) is 0.857. The number of urea groups is 1. The molecular weight excluding hydrogens is 274 g/mol. The topological polar surface area (TPSA) is 82.1 Å². The van der Waals surface area contributed by atoms with Gasteiger partial charge in [-0.3, -0.25) is 0 Å². The number of cyclic esters (lactones) is 1. The maximum atomic E-state index is 12.4. The molecule has 4 rings (SSSR count). The highest BCUT2D eigenvalue weighted by molar-refractivity contribution is 5.78. The van der Waals surface area contributed by atoms with E-state index in [-0.39, 0.29) is 23.8 Å². The van der Waals surface area contributed by atoms with E-state index in [1.54, 1.807) is 4.90 Å². The number of carbonyl (C=O) groups excluding carboxylic acids is 2. The molecule has 1 saturated carbocycles. The summed E-state index contributed by atoms with van der Waals surface area (Å²) in [6.45, 7) is 2.99. The third-order valence-electron chi connectivity index (χ3n) is 5.54. The summed E-state index contributed by atoms with van der Waals surface area (Å²) < 4.78 is 4.92. The lowest BCUT2D eigenvalue weighted by Gasteiger charge is -2.52. The molecule has 4 aliphatic rings. The van der Waals surface area contributed by atoms with Crippen molar-refractivity contribution in [2.45, 2.75) is 37.3 Å². The van der Waals surface area contributed by atoms with Crippen LogP contribution in [-0.2, 0) is 4.74 Å². The number of nitrogens with zero attached hydrogens (tertiary/aromatic N) is 2. The van der Waals surface area contributed by atoms with E-state index in [0.29, 0.717) is 25.1 Å². The molecule has 116 valence electrons. The van der Waals surface area contributed by atoms with Crippen molar-refractivity contribution in [1.82, 2.24) is 15.1 Å². The number of amides is 3. The van der Waals surface area contributed by atoms with Crippen molar-refractivity contribution >= 4 is 12.1 Å². The van der Waals surface area contributed by atoms with Crippen LogP contribution in [0.1, 0.15) is 25.7 Å². The van der Waals surface area contributed by atoms with Crippen molar-refractivity contribution in [3.63, 3.8) is 0 Å². The number of hydrogen-bond acceptors (Lipinski definition) is 4. The fourth-order valence-corrected chi connectivity index (χ4v) is 4.20. The molecule has 2 N–H and O–H groups in total. The van der Waals surface area contributed by atoms with Gasteiger partial charge in [0, 0.05) is 13.1 Å². The zero-order chi connectivity index (χ0) is 14.7. The van der Waals surface area contributed by atoms with E-state index in [2.05, 4.69) is 5.32 Å². The molecule has 7 nitrogen and oxygen atoms in total. The molecule has 21 heavy (non-hydrogen) atoms. The number of alkyl carbamates (subject to hydrolysis) is 1. The van der Waals surface area contributed by atoms with Crippen LogP contribution in [-0.4, -0.2) is 71.5 Å². The van der Waals surface area contributed by atoms with Gasteiger partial charge in [0.2, 0.25) is 0 Å². The van der Waals surface area contributed by atoms with Gasteiger partial charge in [0.15, 0.2) is 0 Å². The van der Waals surface area contributed by atoms with Gasteiger partial charge in [-0.05, 0) is 31.1 Å². The van der Waals surface area contributed by atoms with E-state index in [9.17, 15) is 14.7 Å².